The van der Waals surface area contributed by atoms with Crippen molar-refractivity contribution in [3.63, 3.8) is 0 Å². The van der Waals surface area contributed by atoms with Gasteiger partial charge in [0.1, 0.15) is 10.8 Å². The number of benzene rings is 2. The predicted molar refractivity (Wildman–Crippen MR) is 110 cm³/mol. The van der Waals surface area contributed by atoms with Crippen LogP contribution in [0, 0.1) is 21.7 Å². The smallest absolute Gasteiger partial charge is 0.416 e. The summed E-state index contributed by atoms with van der Waals surface area (Å²) < 4.78 is 72.1. The van der Waals surface area contributed by atoms with Crippen LogP contribution in [-0.4, -0.2) is 29.1 Å². The Hall–Kier alpha value is -3.35. The van der Waals surface area contributed by atoms with Gasteiger partial charge in [-0.25, -0.2) is 8.78 Å². The second kappa shape index (κ2) is 8.54. The normalized spacial score (nSPS) is 15.1. The summed E-state index contributed by atoms with van der Waals surface area (Å²) in [7, 11) is 0. The van der Waals surface area contributed by atoms with E-state index < -0.39 is 56.8 Å². The van der Waals surface area contributed by atoms with Crippen molar-refractivity contribution in [2.24, 2.45) is 0 Å². The first kappa shape index (κ1) is 22.8. The highest BCUT2D eigenvalue weighted by atomic mass is 32.1. The number of alkyl halides is 3. The Morgan fingerprint density at radius 1 is 1.15 bits per heavy atom. The minimum absolute atomic E-state index is 0.103. The van der Waals surface area contributed by atoms with Gasteiger partial charge in [-0.15, -0.1) is 0 Å². The number of aromatic nitrogens is 1. The van der Waals surface area contributed by atoms with Crippen LogP contribution < -0.4 is 15.2 Å². The van der Waals surface area contributed by atoms with E-state index in [1.807, 2.05) is 0 Å². The largest absolute Gasteiger partial charge is 0.484 e. The van der Waals surface area contributed by atoms with Crippen LogP contribution in [0.4, 0.5) is 32.8 Å². The van der Waals surface area contributed by atoms with Crippen molar-refractivity contribution >= 4 is 32.2 Å². The molecule has 1 saturated heterocycles. The number of nitrogens with zero attached hydrogens (tertiary/aromatic N) is 3. The van der Waals surface area contributed by atoms with Gasteiger partial charge < -0.3 is 9.64 Å². The van der Waals surface area contributed by atoms with Gasteiger partial charge in [0.05, 0.1) is 15.9 Å². The minimum Gasteiger partial charge on any atom is -0.484 e. The number of hydrogen-bond donors (Lipinski definition) is 0. The molecule has 7 nitrogen and oxygen atoms in total. The summed E-state index contributed by atoms with van der Waals surface area (Å²) in [5.74, 6) is -2.16. The highest BCUT2D eigenvalue weighted by Gasteiger charge is 2.34. The third kappa shape index (κ3) is 4.58. The maximum Gasteiger partial charge on any atom is 0.416 e. The third-order valence-corrected chi connectivity index (χ3v) is 6.30. The molecule has 1 aliphatic rings. The highest BCUT2D eigenvalue weighted by Crippen LogP contribution is 2.38. The zero-order chi connectivity index (χ0) is 23.9. The van der Waals surface area contributed by atoms with Gasteiger partial charge >= 0.3 is 6.18 Å². The Bertz CT molecular complexity index is 1270. The number of piperidine rings is 1. The molecule has 33 heavy (non-hydrogen) atoms. The molecule has 13 heteroatoms. The average molecular weight is 487 g/mol. The number of para-hydroxylation sites is 1. The van der Waals surface area contributed by atoms with Crippen LogP contribution >= 0.6 is 11.3 Å². The Labute approximate surface area is 186 Å². The number of anilines is 1. The van der Waals surface area contributed by atoms with Crippen LogP contribution in [0.1, 0.15) is 18.4 Å². The summed E-state index contributed by atoms with van der Waals surface area (Å²) in [5, 5.41) is 11.0. The zero-order valence-electron chi connectivity index (χ0n) is 16.6. The van der Waals surface area contributed by atoms with Gasteiger partial charge in [-0.05, 0) is 18.2 Å². The number of nitro benzene ring substituents is 1. The van der Waals surface area contributed by atoms with Crippen molar-refractivity contribution in [1.29, 1.82) is 0 Å². The average Bonchev–Trinajstić information content (AvgIpc) is 2.75. The molecule has 2 heterocycles. The van der Waals surface area contributed by atoms with E-state index in [2.05, 4.69) is 4.98 Å². The van der Waals surface area contributed by atoms with Crippen LogP contribution in [0.2, 0.25) is 0 Å². The maximum atomic E-state index is 13.8. The lowest BCUT2D eigenvalue weighted by atomic mass is 10.1. The minimum atomic E-state index is -4.87. The van der Waals surface area contributed by atoms with Crippen molar-refractivity contribution in [1.82, 2.24) is 4.98 Å². The number of ether oxygens (including phenoxy) is 1. The molecule has 1 fully saturated rings. The van der Waals surface area contributed by atoms with Crippen LogP contribution in [0.3, 0.4) is 0 Å². The van der Waals surface area contributed by atoms with Gasteiger partial charge in [-0.3, -0.25) is 14.9 Å². The monoisotopic (exact) mass is 487 g/mol. The lowest BCUT2D eigenvalue weighted by Gasteiger charge is -2.32. The first-order valence-electron chi connectivity index (χ1n) is 9.60. The first-order valence-corrected chi connectivity index (χ1v) is 10.4. The van der Waals surface area contributed by atoms with Gasteiger partial charge in [0.15, 0.2) is 22.5 Å². The zero-order valence-corrected chi connectivity index (χ0v) is 17.4. The Morgan fingerprint density at radius 3 is 2.36 bits per heavy atom. The summed E-state index contributed by atoms with van der Waals surface area (Å²) in [6, 6.07) is 4.30. The molecule has 0 spiro atoms. The van der Waals surface area contributed by atoms with Crippen molar-refractivity contribution in [2.75, 3.05) is 18.0 Å². The first-order chi connectivity index (χ1) is 15.5. The van der Waals surface area contributed by atoms with E-state index in [0.717, 1.165) is 23.5 Å². The van der Waals surface area contributed by atoms with Gasteiger partial charge in [-0.1, -0.05) is 17.4 Å². The van der Waals surface area contributed by atoms with E-state index in [4.69, 9.17) is 4.74 Å². The lowest BCUT2D eigenvalue weighted by molar-refractivity contribution is -0.383. The molecule has 0 bridgehead atoms. The number of rotatable bonds is 4. The third-order valence-electron chi connectivity index (χ3n) is 5.13. The number of non-ortho nitro benzene ring substituents is 1. The molecule has 0 aliphatic carbocycles. The van der Waals surface area contributed by atoms with Gasteiger partial charge in [-0.2, -0.15) is 18.2 Å². The molecule has 0 radical (unpaired) electrons. The molecule has 174 valence electrons. The molecular weight excluding hydrogens is 473 g/mol. The van der Waals surface area contributed by atoms with Gasteiger partial charge in [0.25, 0.3) is 11.2 Å². The van der Waals surface area contributed by atoms with Crippen molar-refractivity contribution < 1.29 is 31.6 Å². The van der Waals surface area contributed by atoms with E-state index >= 15 is 0 Å². The number of fused-ring (bicyclic) bond motifs is 1. The Morgan fingerprint density at radius 2 is 1.79 bits per heavy atom. The van der Waals surface area contributed by atoms with Crippen molar-refractivity contribution in [2.45, 2.75) is 25.1 Å². The molecule has 0 atom stereocenters. The predicted octanol–water partition coefficient (Wildman–Crippen LogP) is 4.91. The second-order valence-electron chi connectivity index (χ2n) is 7.28. The number of hydrogen-bond acceptors (Lipinski definition) is 7. The van der Waals surface area contributed by atoms with E-state index in [-0.39, 0.29) is 22.9 Å². The van der Waals surface area contributed by atoms with Crippen LogP contribution in [0.15, 0.2) is 35.1 Å². The Balaban J connectivity index is 1.60. The number of halogens is 5. The topological polar surface area (TPSA) is 85.6 Å². The fourth-order valence-corrected chi connectivity index (χ4v) is 4.62. The summed E-state index contributed by atoms with van der Waals surface area (Å²) in [5.41, 5.74) is -3.16. The van der Waals surface area contributed by atoms with Crippen LogP contribution in [-0.2, 0) is 6.18 Å². The summed E-state index contributed by atoms with van der Waals surface area (Å²) in [6.07, 6.45) is -4.77. The van der Waals surface area contributed by atoms with E-state index in [1.165, 1.54) is 6.07 Å². The molecule has 2 aromatic carbocycles. The fourth-order valence-electron chi connectivity index (χ4n) is 3.50. The lowest BCUT2D eigenvalue weighted by Crippen LogP contribution is -2.39. The van der Waals surface area contributed by atoms with E-state index in [1.54, 1.807) is 4.90 Å². The molecule has 0 saturated carbocycles. The molecular formula is C20H14F5N3O4S. The van der Waals surface area contributed by atoms with Crippen molar-refractivity contribution in [3.05, 3.63) is 68.0 Å². The van der Waals surface area contributed by atoms with Crippen LogP contribution in [0.25, 0.3) is 10.1 Å². The SMILES string of the molecule is O=c1nc(N2CCC(Oc3c(F)cccc3F)CC2)sc2c([N+](=O)[O-])cc(C(F)(F)F)cc12. The summed E-state index contributed by atoms with van der Waals surface area (Å²) in [6.45, 7) is 0.507. The summed E-state index contributed by atoms with van der Waals surface area (Å²) >= 11 is 0.737. The van der Waals surface area contributed by atoms with Gasteiger partial charge in [0, 0.05) is 32.0 Å². The maximum absolute atomic E-state index is 13.8. The molecule has 0 amide bonds. The summed E-state index contributed by atoms with van der Waals surface area (Å²) in [4.78, 5) is 28.3. The number of nitro groups is 1. The van der Waals surface area contributed by atoms with Crippen LogP contribution in [0.5, 0.6) is 5.75 Å². The molecule has 0 N–H and O–H groups in total. The second-order valence-corrected chi connectivity index (χ2v) is 8.26. The quantitative estimate of drug-likeness (QED) is 0.295. The molecule has 0 unspecified atom stereocenters. The van der Waals surface area contributed by atoms with Gasteiger partial charge in [0.2, 0.25) is 0 Å². The van der Waals surface area contributed by atoms with Crippen molar-refractivity contribution in [3.8, 4) is 5.75 Å². The standard InChI is InChI=1S/C20H14F5N3O4S/c21-13-2-1-3-14(22)16(13)32-11-4-6-27(7-5-11)19-26-18(29)12-8-10(20(23,24)25)9-15(28(30)31)17(12)33-19/h1-3,8-9,11H,4-7H2. The molecule has 3 aromatic rings. The van der Waals surface area contributed by atoms with E-state index in [9.17, 15) is 36.9 Å². The molecule has 1 aliphatic heterocycles. The Kier molecular flexibility index (Phi) is 5.91. The molecule has 4 rings (SSSR count). The fraction of sp³-hybridized carbons (Fsp3) is 0.300. The van der Waals surface area contributed by atoms with E-state index in [0.29, 0.717) is 25.0 Å². The molecule has 1 aromatic heterocycles. The highest BCUT2D eigenvalue weighted by molar-refractivity contribution is 7.22.